The Kier molecular flexibility index (Phi) is 12.6. The first kappa shape index (κ1) is 22.1. The van der Waals surface area contributed by atoms with E-state index in [1.54, 1.807) is 5.56 Å². The molecule has 0 aromatic heterocycles. The Labute approximate surface area is 150 Å². The molecule has 0 saturated carbocycles. The summed E-state index contributed by atoms with van der Waals surface area (Å²) in [6.07, 6.45) is 14.3. The van der Waals surface area contributed by atoms with Gasteiger partial charge in [0.05, 0.1) is 24.6 Å². The van der Waals surface area contributed by atoms with Gasteiger partial charge in [-0.05, 0) is 31.7 Å². The van der Waals surface area contributed by atoms with Crippen LogP contribution in [0.2, 0.25) is 0 Å². The lowest BCUT2D eigenvalue weighted by molar-refractivity contribution is -0.00000481. The SMILES string of the molecule is CCCC[P+](CCCC)(CCCC)Cc1ccc(C)cc1.[Br-]. The van der Waals surface area contributed by atoms with Crippen LogP contribution in [-0.4, -0.2) is 18.5 Å². The van der Waals surface area contributed by atoms with E-state index in [1.165, 1.54) is 68.7 Å². The van der Waals surface area contributed by atoms with Crippen molar-refractivity contribution in [1.82, 2.24) is 0 Å². The molecule has 22 heavy (non-hydrogen) atoms. The molecule has 0 spiro atoms. The number of hydrogen-bond acceptors (Lipinski definition) is 0. The number of aryl methyl sites for hydroxylation is 1. The van der Waals surface area contributed by atoms with Gasteiger partial charge < -0.3 is 17.0 Å². The van der Waals surface area contributed by atoms with Crippen LogP contribution in [0.15, 0.2) is 24.3 Å². The van der Waals surface area contributed by atoms with Gasteiger partial charge in [-0.1, -0.05) is 69.9 Å². The van der Waals surface area contributed by atoms with Crippen LogP contribution in [-0.2, 0) is 6.16 Å². The molecule has 0 amide bonds. The summed E-state index contributed by atoms with van der Waals surface area (Å²) >= 11 is 0. The van der Waals surface area contributed by atoms with E-state index in [9.17, 15) is 0 Å². The second kappa shape index (κ2) is 12.5. The molecule has 1 aromatic carbocycles. The van der Waals surface area contributed by atoms with Crippen molar-refractivity contribution in [3.63, 3.8) is 0 Å². The topological polar surface area (TPSA) is 0 Å². The molecule has 0 aliphatic heterocycles. The second-order valence-electron chi connectivity index (χ2n) is 6.72. The normalized spacial score (nSPS) is 11.3. The van der Waals surface area contributed by atoms with Crippen LogP contribution in [0.4, 0.5) is 0 Å². The number of halogens is 1. The zero-order valence-electron chi connectivity index (χ0n) is 15.2. The Morgan fingerprint density at radius 3 is 1.50 bits per heavy atom. The van der Waals surface area contributed by atoms with E-state index in [2.05, 4.69) is 52.0 Å². The highest BCUT2D eigenvalue weighted by atomic mass is 79.9. The van der Waals surface area contributed by atoms with Crippen molar-refractivity contribution in [3.05, 3.63) is 35.4 Å². The fraction of sp³-hybridized carbons (Fsp3) is 0.700. The van der Waals surface area contributed by atoms with Gasteiger partial charge in [-0.25, -0.2) is 0 Å². The molecule has 0 atom stereocenters. The molecular formula is C20H36BrP. The molecule has 0 heterocycles. The van der Waals surface area contributed by atoms with Gasteiger partial charge in [-0.15, -0.1) is 0 Å². The standard InChI is InChI=1S/C20H36P.BrH/c1-5-8-15-21(16-9-6-2,17-10-7-3)18-20-13-11-19(4)12-14-20;/h11-14H,5-10,15-18H2,1-4H3;1H/q+1;/p-1. The van der Waals surface area contributed by atoms with Gasteiger partial charge in [0, 0.05) is 7.26 Å². The average molecular weight is 387 g/mol. The molecule has 0 aliphatic carbocycles. The number of rotatable bonds is 11. The molecule has 0 bridgehead atoms. The number of unbranched alkanes of at least 4 members (excludes halogenated alkanes) is 3. The van der Waals surface area contributed by atoms with Crippen molar-refractivity contribution in [3.8, 4) is 0 Å². The minimum Gasteiger partial charge on any atom is -1.00 e. The molecule has 0 aliphatic rings. The van der Waals surface area contributed by atoms with Crippen molar-refractivity contribution in [2.45, 2.75) is 72.4 Å². The van der Waals surface area contributed by atoms with Gasteiger partial charge in [0.1, 0.15) is 0 Å². The molecule has 0 N–H and O–H groups in total. The van der Waals surface area contributed by atoms with E-state index in [0.717, 1.165) is 0 Å². The lowest BCUT2D eigenvalue weighted by atomic mass is 10.2. The maximum Gasteiger partial charge on any atom is 0.0842 e. The monoisotopic (exact) mass is 386 g/mol. The first-order valence-electron chi connectivity index (χ1n) is 9.06. The Hall–Kier alpha value is 0.130. The van der Waals surface area contributed by atoms with Gasteiger partial charge in [0.2, 0.25) is 0 Å². The maximum absolute atomic E-state index is 2.38. The summed E-state index contributed by atoms with van der Waals surface area (Å²) in [4.78, 5) is 0. The van der Waals surface area contributed by atoms with E-state index in [4.69, 9.17) is 0 Å². The van der Waals surface area contributed by atoms with Gasteiger partial charge >= 0.3 is 0 Å². The highest BCUT2D eigenvalue weighted by molar-refractivity contribution is 7.75. The fourth-order valence-electron chi connectivity index (χ4n) is 3.13. The predicted molar refractivity (Wildman–Crippen MR) is 101 cm³/mol. The summed E-state index contributed by atoms with van der Waals surface area (Å²) in [7, 11) is -0.783. The quantitative estimate of drug-likeness (QED) is 0.505. The lowest BCUT2D eigenvalue weighted by Gasteiger charge is -2.28. The van der Waals surface area contributed by atoms with Crippen LogP contribution in [0.25, 0.3) is 0 Å². The van der Waals surface area contributed by atoms with E-state index in [-0.39, 0.29) is 17.0 Å². The molecule has 0 nitrogen and oxygen atoms in total. The molecule has 128 valence electrons. The largest absolute Gasteiger partial charge is 1.00 e. The van der Waals surface area contributed by atoms with Crippen molar-refractivity contribution >= 4 is 7.26 Å². The highest BCUT2D eigenvalue weighted by Gasteiger charge is 2.35. The van der Waals surface area contributed by atoms with E-state index in [0.29, 0.717) is 0 Å². The Bertz CT molecular complexity index is 350. The summed E-state index contributed by atoms with van der Waals surface area (Å²) in [5.41, 5.74) is 2.98. The van der Waals surface area contributed by atoms with Crippen LogP contribution < -0.4 is 17.0 Å². The Morgan fingerprint density at radius 2 is 1.14 bits per heavy atom. The molecule has 1 aromatic rings. The molecule has 0 saturated heterocycles. The average Bonchev–Trinajstić information content (AvgIpc) is 2.51. The summed E-state index contributed by atoms with van der Waals surface area (Å²) in [6, 6.07) is 9.36. The van der Waals surface area contributed by atoms with Crippen molar-refractivity contribution < 1.29 is 17.0 Å². The van der Waals surface area contributed by atoms with Crippen molar-refractivity contribution in [2.75, 3.05) is 18.5 Å². The fourth-order valence-corrected chi connectivity index (χ4v) is 8.23. The summed E-state index contributed by atoms with van der Waals surface area (Å²) in [5, 5.41) is 0. The third-order valence-corrected chi connectivity index (χ3v) is 9.43. The van der Waals surface area contributed by atoms with Gasteiger partial charge in [0.25, 0.3) is 0 Å². The summed E-state index contributed by atoms with van der Waals surface area (Å²) in [5.74, 6) is 0. The van der Waals surface area contributed by atoms with E-state index >= 15 is 0 Å². The number of benzene rings is 1. The third kappa shape index (κ3) is 8.11. The minimum atomic E-state index is -0.783. The molecule has 1 rings (SSSR count). The van der Waals surface area contributed by atoms with Crippen LogP contribution in [0.5, 0.6) is 0 Å². The minimum absolute atomic E-state index is 0. The zero-order chi connectivity index (χ0) is 15.6. The van der Waals surface area contributed by atoms with Crippen LogP contribution in [0.1, 0.15) is 70.4 Å². The van der Waals surface area contributed by atoms with Gasteiger partial charge in [-0.3, -0.25) is 0 Å². The van der Waals surface area contributed by atoms with Crippen molar-refractivity contribution in [2.24, 2.45) is 0 Å². The first-order valence-corrected chi connectivity index (χ1v) is 11.6. The summed E-state index contributed by atoms with van der Waals surface area (Å²) in [6.45, 7) is 9.23. The van der Waals surface area contributed by atoms with Crippen molar-refractivity contribution in [1.29, 1.82) is 0 Å². The Balaban J connectivity index is 0.00000441. The molecular weight excluding hydrogens is 351 g/mol. The maximum atomic E-state index is 2.38. The second-order valence-corrected chi connectivity index (χ2v) is 11.1. The lowest BCUT2D eigenvalue weighted by Crippen LogP contribution is -3.00. The van der Waals surface area contributed by atoms with Crippen LogP contribution >= 0.6 is 7.26 Å². The Morgan fingerprint density at radius 1 is 0.727 bits per heavy atom. The molecule has 2 heteroatoms. The third-order valence-electron chi connectivity index (χ3n) is 4.60. The van der Waals surface area contributed by atoms with Gasteiger partial charge in [0.15, 0.2) is 0 Å². The smallest absolute Gasteiger partial charge is 0.0842 e. The van der Waals surface area contributed by atoms with Gasteiger partial charge in [-0.2, -0.15) is 0 Å². The zero-order valence-corrected chi connectivity index (χ0v) is 17.7. The number of hydrogen-bond donors (Lipinski definition) is 0. The molecule has 0 radical (unpaired) electrons. The first-order chi connectivity index (χ1) is 10.2. The van der Waals surface area contributed by atoms with E-state index < -0.39 is 7.26 Å². The van der Waals surface area contributed by atoms with Crippen LogP contribution in [0, 0.1) is 6.92 Å². The molecule has 0 unspecified atom stereocenters. The highest BCUT2D eigenvalue weighted by Crippen LogP contribution is 2.63. The predicted octanol–water partition coefficient (Wildman–Crippen LogP) is 3.92. The van der Waals surface area contributed by atoms with Crippen LogP contribution in [0.3, 0.4) is 0 Å². The summed E-state index contributed by atoms with van der Waals surface area (Å²) < 4.78 is 0. The molecule has 0 fully saturated rings. The van der Waals surface area contributed by atoms with E-state index in [1.807, 2.05) is 0 Å².